The lowest BCUT2D eigenvalue weighted by molar-refractivity contribution is -0.497. The molecule has 10 heteroatoms. The van der Waals surface area contributed by atoms with Crippen molar-refractivity contribution in [1.29, 1.82) is 0 Å². The molecule has 1 saturated carbocycles. The third kappa shape index (κ3) is 3.49. The first-order chi connectivity index (χ1) is 9.74. The summed E-state index contributed by atoms with van der Waals surface area (Å²) >= 11 is 0.811. The molecule has 0 radical (unpaired) electrons. The Morgan fingerprint density at radius 2 is 2.33 bits per heavy atom. The maximum Gasteiger partial charge on any atom is 0.434 e. The molecule has 0 aromatic carbocycles. The number of aromatic nitrogens is 1. The third-order valence-corrected chi connectivity index (χ3v) is 4.16. The minimum atomic E-state index is -4.52. The third-order valence-electron chi connectivity index (χ3n) is 3.20. The Morgan fingerprint density at radius 1 is 1.67 bits per heavy atom. The number of nitrogens with zero attached hydrogens (tertiary/aromatic N) is 2. The molecule has 1 aliphatic rings. The van der Waals surface area contributed by atoms with Crippen molar-refractivity contribution in [3.63, 3.8) is 0 Å². The fraction of sp³-hybridized carbons (Fsp3) is 0.636. The van der Waals surface area contributed by atoms with Gasteiger partial charge in [0.1, 0.15) is 10.9 Å². The van der Waals surface area contributed by atoms with Gasteiger partial charge in [-0.25, -0.2) is 4.98 Å². The van der Waals surface area contributed by atoms with E-state index in [0.29, 0.717) is 6.42 Å². The quantitative estimate of drug-likeness (QED) is 0.666. The number of amides is 1. The lowest BCUT2D eigenvalue weighted by Gasteiger charge is -2.14. The number of alkyl halides is 3. The summed E-state index contributed by atoms with van der Waals surface area (Å²) in [5, 5.41) is 14.1. The van der Waals surface area contributed by atoms with Gasteiger partial charge < -0.3 is 5.32 Å². The molecule has 1 fully saturated rings. The van der Waals surface area contributed by atoms with Gasteiger partial charge in [-0.15, -0.1) is 11.3 Å². The number of nitrogens with one attached hydrogen (secondary N) is 1. The van der Waals surface area contributed by atoms with Gasteiger partial charge in [0, 0.05) is 16.7 Å². The first-order valence-electron chi connectivity index (χ1n) is 6.20. The van der Waals surface area contributed by atoms with Crippen LogP contribution < -0.4 is 5.32 Å². The monoisotopic (exact) mass is 323 g/mol. The van der Waals surface area contributed by atoms with E-state index < -0.39 is 40.7 Å². The van der Waals surface area contributed by atoms with Crippen molar-refractivity contribution in [3.8, 4) is 0 Å². The predicted molar refractivity (Wildman–Crippen MR) is 67.2 cm³/mol. The SMILES string of the molecule is CCC(NC(=O)C1CC1[N+](=O)[O-])c1nc(C(F)(F)F)cs1. The molecular formula is C11H12F3N3O3S. The Balaban J connectivity index is 2.02. The summed E-state index contributed by atoms with van der Waals surface area (Å²) in [7, 11) is 0. The van der Waals surface area contributed by atoms with Gasteiger partial charge in [0.2, 0.25) is 11.9 Å². The van der Waals surface area contributed by atoms with Crippen LogP contribution in [0.1, 0.15) is 36.5 Å². The van der Waals surface area contributed by atoms with Crippen LogP contribution in [-0.4, -0.2) is 21.9 Å². The second-order valence-corrected chi connectivity index (χ2v) is 5.62. The first kappa shape index (κ1) is 15.7. The summed E-state index contributed by atoms with van der Waals surface area (Å²) in [4.78, 5) is 25.3. The Hall–Kier alpha value is -1.71. The normalized spacial score (nSPS) is 22.7. The van der Waals surface area contributed by atoms with Crippen LogP contribution in [0.4, 0.5) is 13.2 Å². The molecule has 3 unspecified atom stereocenters. The van der Waals surface area contributed by atoms with Crippen LogP contribution in [0.5, 0.6) is 0 Å². The summed E-state index contributed by atoms with van der Waals surface area (Å²) in [6.07, 6.45) is -4.00. The van der Waals surface area contributed by atoms with E-state index in [2.05, 4.69) is 10.3 Å². The zero-order chi connectivity index (χ0) is 15.8. The molecular weight excluding hydrogens is 311 g/mol. The van der Waals surface area contributed by atoms with Crippen molar-refractivity contribution < 1.29 is 22.9 Å². The molecule has 1 aliphatic carbocycles. The molecule has 0 spiro atoms. The smallest absolute Gasteiger partial charge is 0.346 e. The summed E-state index contributed by atoms with van der Waals surface area (Å²) in [5.41, 5.74) is -0.996. The second-order valence-electron chi connectivity index (χ2n) is 4.73. The number of rotatable bonds is 5. The van der Waals surface area contributed by atoms with Gasteiger partial charge in [0.05, 0.1) is 6.04 Å². The highest BCUT2D eigenvalue weighted by atomic mass is 32.1. The average molecular weight is 323 g/mol. The van der Waals surface area contributed by atoms with Crippen molar-refractivity contribution in [2.24, 2.45) is 5.92 Å². The fourth-order valence-electron chi connectivity index (χ4n) is 1.89. The number of carbonyl (C=O) groups excluding carboxylic acids is 1. The molecule has 0 bridgehead atoms. The van der Waals surface area contributed by atoms with E-state index in [-0.39, 0.29) is 11.4 Å². The van der Waals surface area contributed by atoms with Gasteiger partial charge >= 0.3 is 6.18 Å². The average Bonchev–Trinajstić information content (AvgIpc) is 3.04. The van der Waals surface area contributed by atoms with Crippen molar-refractivity contribution in [2.75, 3.05) is 0 Å². The van der Waals surface area contributed by atoms with Crippen LogP contribution >= 0.6 is 11.3 Å². The molecule has 2 rings (SSSR count). The molecule has 0 aliphatic heterocycles. The van der Waals surface area contributed by atoms with Crippen molar-refractivity contribution >= 4 is 17.2 Å². The number of hydrogen-bond acceptors (Lipinski definition) is 5. The molecule has 116 valence electrons. The van der Waals surface area contributed by atoms with Crippen LogP contribution in [0.15, 0.2) is 5.38 Å². The second kappa shape index (κ2) is 5.58. The summed E-state index contributed by atoms with van der Waals surface area (Å²) < 4.78 is 37.5. The number of thiazole rings is 1. The van der Waals surface area contributed by atoms with Crippen LogP contribution in [0, 0.1) is 16.0 Å². The lowest BCUT2D eigenvalue weighted by atomic mass is 10.2. The van der Waals surface area contributed by atoms with Crippen molar-refractivity contribution in [1.82, 2.24) is 10.3 Å². The van der Waals surface area contributed by atoms with E-state index in [4.69, 9.17) is 0 Å². The summed E-state index contributed by atoms with van der Waals surface area (Å²) in [6.45, 7) is 1.69. The minimum absolute atomic E-state index is 0.150. The van der Waals surface area contributed by atoms with Gasteiger partial charge in [-0.3, -0.25) is 14.9 Å². The van der Waals surface area contributed by atoms with Gasteiger partial charge in [-0.2, -0.15) is 13.2 Å². The molecule has 1 aromatic rings. The summed E-state index contributed by atoms with van der Waals surface area (Å²) in [6, 6.07) is -1.55. The number of halogens is 3. The Labute approximate surface area is 121 Å². The molecule has 1 aromatic heterocycles. The van der Waals surface area contributed by atoms with E-state index in [1.54, 1.807) is 6.92 Å². The predicted octanol–water partition coefficient (Wildman–Crippen LogP) is 2.39. The van der Waals surface area contributed by atoms with E-state index in [9.17, 15) is 28.1 Å². The number of hydrogen-bond donors (Lipinski definition) is 1. The maximum atomic E-state index is 12.5. The summed E-state index contributed by atoms with van der Waals surface area (Å²) in [5.74, 6) is -1.21. The lowest BCUT2D eigenvalue weighted by Crippen LogP contribution is -2.31. The van der Waals surface area contributed by atoms with Crippen molar-refractivity contribution in [2.45, 2.75) is 38.0 Å². The van der Waals surface area contributed by atoms with Crippen LogP contribution in [0.25, 0.3) is 0 Å². The number of carbonyl (C=O) groups is 1. The van der Waals surface area contributed by atoms with E-state index in [1.807, 2.05) is 0 Å². The molecule has 21 heavy (non-hydrogen) atoms. The molecule has 1 heterocycles. The topological polar surface area (TPSA) is 85.1 Å². The zero-order valence-electron chi connectivity index (χ0n) is 10.9. The van der Waals surface area contributed by atoms with Crippen LogP contribution in [0.2, 0.25) is 0 Å². The molecule has 3 atom stereocenters. The van der Waals surface area contributed by atoms with Gasteiger partial charge in [-0.05, 0) is 6.42 Å². The van der Waals surface area contributed by atoms with Crippen LogP contribution in [0.3, 0.4) is 0 Å². The highest BCUT2D eigenvalue weighted by molar-refractivity contribution is 7.09. The Bertz CT molecular complexity index is 560. The molecule has 1 amide bonds. The number of nitro groups is 1. The highest BCUT2D eigenvalue weighted by Crippen LogP contribution is 2.35. The first-order valence-corrected chi connectivity index (χ1v) is 7.08. The van der Waals surface area contributed by atoms with Crippen LogP contribution in [-0.2, 0) is 11.0 Å². The molecule has 1 N–H and O–H groups in total. The van der Waals surface area contributed by atoms with E-state index >= 15 is 0 Å². The van der Waals surface area contributed by atoms with Gasteiger partial charge in [0.25, 0.3) is 0 Å². The van der Waals surface area contributed by atoms with E-state index in [0.717, 1.165) is 16.7 Å². The fourth-order valence-corrected chi connectivity index (χ4v) is 2.85. The molecule has 6 nitrogen and oxygen atoms in total. The highest BCUT2D eigenvalue weighted by Gasteiger charge is 2.53. The molecule has 0 saturated heterocycles. The van der Waals surface area contributed by atoms with Gasteiger partial charge in [-0.1, -0.05) is 6.92 Å². The standard InChI is InChI=1S/C11H12F3N3O3S/c1-2-6(10-16-8(4-21-10)11(12,13)14)15-9(18)5-3-7(5)17(19)20/h4-7H,2-3H2,1H3,(H,15,18). The van der Waals surface area contributed by atoms with Gasteiger partial charge in [0.15, 0.2) is 5.69 Å². The van der Waals surface area contributed by atoms with E-state index in [1.165, 1.54) is 0 Å². The maximum absolute atomic E-state index is 12.5. The minimum Gasteiger partial charge on any atom is -0.346 e. The van der Waals surface area contributed by atoms with Crippen molar-refractivity contribution in [3.05, 3.63) is 26.2 Å². The Kier molecular flexibility index (Phi) is 4.17. The Morgan fingerprint density at radius 3 is 2.76 bits per heavy atom. The largest absolute Gasteiger partial charge is 0.434 e. The zero-order valence-corrected chi connectivity index (χ0v) is 11.7.